The van der Waals surface area contributed by atoms with Crippen molar-refractivity contribution in [2.45, 2.75) is 6.42 Å². The Hall–Kier alpha value is -1.49. The molecule has 0 bridgehead atoms. The van der Waals surface area contributed by atoms with Gasteiger partial charge in [-0.3, -0.25) is 9.78 Å². The molecule has 0 fully saturated rings. The van der Waals surface area contributed by atoms with Crippen LogP contribution >= 0.6 is 34.8 Å². The lowest BCUT2D eigenvalue weighted by atomic mass is 9.99. The Morgan fingerprint density at radius 1 is 1.24 bits per heavy atom. The van der Waals surface area contributed by atoms with Crippen LogP contribution in [0.15, 0.2) is 24.5 Å². The molecule has 0 saturated heterocycles. The molecule has 2 rings (SSSR count). The molecule has 0 amide bonds. The third-order valence-corrected chi connectivity index (χ3v) is 4.06. The lowest BCUT2D eigenvalue weighted by molar-refractivity contribution is -0.136. The van der Waals surface area contributed by atoms with E-state index in [0.29, 0.717) is 22.4 Å². The zero-order valence-electron chi connectivity index (χ0n) is 10.9. The van der Waals surface area contributed by atoms with Crippen LogP contribution in [0, 0.1) is 0 Å². The monoisotopic (exact) mass is 345 g/mol. The zero-order chi connectivity index (χ0) is 15.6. The minimum Gasteiger partial charge on any atom is -0.495 e. The molecule has 110 valence electrons. The van der Waals surface area contributed by atoms with Crippen molar-refractivity contribution in [3.63, 3.8) is 0 Å². The molecule has 1 N–H and O–H groups in total. The number of rotatable bonds is 4. The largest absolute Gasteiger partial charge is 0.495 e. The Labute approximate surface area is 136 Å². The molecule has 0 unspecified atom stereocenters. The molecule has 4 nitrogen and oxygen atoms in total. The maximum Gasteiger partial charge on any atom is 0.307 e. The summed E-state index contributed by atoms with van der Waals surface area (Å²) < 4.78 is 5.17. The van der Waals surface area contributed by atoms with Crippen molar-refractivity contribution in [3.8, 4) is 16.9 Å². The average molecular weight is 347 g/mol. The van der Waals surface area contributed by atoms with Gasteiger partial charge in [0.1, 0.15) is 5.75 Å². The van der Waals surface area contributed by atoms with E-state index in [-0.39, 0.29) is 21.5 Å². The number of methoxy groups -OCH3 is 1. The number of aliphatic carboxylic acids is 1. The lowest BCUT2D eigenvalue weighted by Crippen LogP contribution is -2.05. The number of carboxylic acids is 1. The molecule has 1 aromatic carbocycles. The highest BCUT2D eigenvalue weighted by Gasteiger charge is 2.16. The molecule has 0 radical (unpaired) electrons. The van der Waals surface area contributed by atoms with Gasteiger partial charge in [0.15, 0.2) is 0 Å². The fraction of sp³-hybridized carbons (Fsp3) is 0.143. The van der Waals surface area contributed by atoms with E-state index in [2.05, 4.69) is 4.98 Å². The van der Waals surface area contributed by atoms with E-state index in [9.17, 15) is 4.79 Å². The number of hydrogen-bond donors (Lipinski definition) is 1. The van der Waals surface area contributed by atoms with Gasteiger partial charge in [-0.05, 0) is 17.7 Å². The Morgan fingerprint density at radius 2 is 1.86 bits per heavy atom. The van der Waals surface area contributed by atoms with E-state index in [1.54, 1.807) is 12.1 Å². The first-order valence-electron chi connectivity index (χ1n) is 5.81. The highest BCUT2D eigenvalue weighted by Crippen LogP contribution is 2.37. The maximum atomic E-state index is 11.1. The number of ether oxygens (including phenoxy) is 1. The molecule has 0 aliphatic carbocycles. The van der Waals surface area contributed by atoms with Crippen LogP contribution in [0.25, 0.3) is 11.1 Å². The summed E-state index contributed by atoms with van der Waals surface area (Å²) in [5.74, 6) is -0.594. The van der Waals surface area contributed by atoms with Gasteiger partial charge in [0, 0.05) is 17.3 Å². The summed E-state index contributed by atoms with van der Waals surface area (Å²) in [6.07, 6.45) is 2.79. The van der Waals surface area contributed by atoms with Gasteiger partial charge in [0.25, 0.3) is 0 Å². The number of aromatic nitrogens is 1. The first-order chi connectivity index (χ1) is 9.93. The van der Waals surface area contributed by atoms with Gasteiger partial charge in [0.2, 0.25) is 0 Å². The maximum absolute atomic E-state index is 11.1. The van der Waals surface area contributed by atoms with Crippen molar-refractivity contribution in [3.05, 3.63) is 45.2 Å². The summed E-state index contributed by atoms with van der Waals surface area (Å²) in [7, 11) is 1.45. The van der Waals surface area contributed by atoms with Crippen LogP contribution in [0.3, 0.4) is 0 Å². The molecule has 0 saturated carbocycles. The summed E-state index contributed by atoms with van der Waals surface area (Å²) in [5.41, 5.74) is 1.70. The molecule has 2 aromatic rings. The summed E-state index contributed by atoms with van der Waals surface area (Å²) in [5, 5.41) is 9.87. The van der Waals surface area contributed by atoms with E-state index in [1.165, 1.54) is 19.5 Å². The number of halogens is 3. The minimum atomic E-state index is -0.980. The van der Waals surface area contributed by atoms with Crippen LogP contribution < -0.4 is 4.74 Å². The van der Waals surface area contributed by atoms with Crippen LogP contribution in [0.5, 0.6) is 5.75 Å². The Balaban J connectivity index is 2.65. The quantitative estimate of drug-likeness (QED) is 0.836. The number of pyridine rings is 1. The minimum absolute atomic E-state index is 0.209. The molecular weight excluding hydrogens is 337 g/mol. The average Bonchev–Trinajstić information content (AvgIpc) is 2.44. The molecule has 21 heavy (non-hydrogen) atoms. The number of hydrogen-bond acceptors (Lipinski definition) is 3. The van der Waals surface area contributed by atoms with E-state index in [4.69, 9.17) is 44.6 Å². The van der Waals surface area contributed by atoms with Crippen LogP contribution in [-0.4, -0.2) is 23.2 Å². The van der Waals surface area contributed by atoms with Crippen molar-refractivity contribution in [1.82, 2.24) is 4.98 Å². The Morgan fingerprint density at radius 3 is 2.38 bits per heavy atom. The van der Waals surface area contributed by atoms with Gasteiger partial charge in [-0.25, -0.2) is 0 Å². The first kappa shape index (κ1) is 15.9. The first-order valence-corrected chi connectivity index (χ1v) is 6.95. The summed E-state index contributed by atoms with van der Waals surface area (Å²) in [6.45, 7) is 0. The molecule has 0 atom stereocenters. The van der Waals surface area contributed by atoms with Crippen LogP contribution in [0.1, 0.15) is 5.56 Å². The topological polar surface area (TPSA) is 59.4 Å². The second-order valence-corrected chi connectivity index (χ2v) is 5.38. The third-order valence-electron chi connectivity index (χ3n) is 2.86. The molecule has 0 aliphatic rings. The molecular formula is C14H10Cl3NO3. The van der Waals surface area contributed by atoms with E-state index in [0.717, 1.165) is 0 Å². The van der Waals surface area contributed by atoms with Crippen molar-refractivity contribution in [2.75, 3.05) is 7.11 Å². The van der Waals surface area contributed by atoms with Crippen LogP contribution in [-0.2, 0) is 11.2 Å². The highest BCUT2D eigenvalue weighted by molar-refractivity contribution is 6.48. The Kier molecular flexibility index (Phi) is 4.93. The van der Waals surface area contributed by atoms with Gasteiger partial charge in [-0.2, -0.15) is 0 Å². The predicted octanol–water partition coefficient (Wildman–Crippen LogP) is 4.34. The SMILES string of the molecule is COc1cncc(-c2cc(Cl)c(Cl)c(Cl)c2)c1CC(=O)O. The van der Waals surface area contributed by atoms with Crippen LogP contribution in [0.4, 0.5) is 0 Å². The van der Waals surface area contributed by atoms with Crippen molar-refractivity contribution < 1.29 is 14.6 Å². The van der Waals surface area contributed by atoms with Gasteiger partial charge >= 0.3 is 5.97 Å². The van der Waals surface area contributed by atoms with Gasteiger partial charge < -0.3 is 9.84 Å². The second-order valence-electron chi connectivity index (χ2n) is 4.19. The molecule has 0 aliphatic heterocycles. The molecule has 0 spiro atoms. The fourth-order valence-electron chi connectivity index (χ4n) is 1.94. The van der Waals surface area contributed by atoms with Gasteiger partial charge in [0.05, 0.1) is 34.8 Å². The fourth-order valence-corrected chi connectivity index (χ4v) is 2.53. The number of benzene rings is 1. The summed E-state index contributed by atoms with van der Waals surface area (Å²) >= 11 is 18.0. The Bertz CT molecular complexity index is 681. The zero-order valence-corrected chi connectivity index (χ0v) is 13.1. The molecule has 7 heteroatoms. The second kappa shape index (κ2) is 6.52. The van der Waals surface area contributed by atoms with Crippen molar-refractivity contribution in [1.29, 1.82) is 0 Å². The number of carbonyl (C=O) groups is 1. The van der Waals surface area contributed by atoms with E-state index >= 15 is 0 Å². The van der Waals surface area contributed by atoms with Gasteiger partial charge in [-0.15, -0.1) is 0 Å². The number of carboxylic acid groups (broad SMARTS) is 1. The smallest absolute Gasteiger partial charge is 0.307 e. The van der Waals surface area contributed by atoms with Crippen LogP contribution in [0.2, 0.25) is 15.1 Å². The third kappa shape index (κ3) is 3.40. The summed E-state index contributed by atoms with van der Waals surface area (Å²) in [6, 6.07) is 3.22. The summed E-state index contributed by atoms with van der Waals surface area (Å²) in [4.78, 5) is 15.1. The molecule has 1 aromatic heterocycles. The van der Waals surface area contributed by atoms with Crippen molar-refractivity contribution >= 4 is 40.8 Å². The normalized spacial score (nSPS) is 10.5. The van der Waals surface area contributed by atoms with E-state index in [1.807, 2.05) is 0 Å². The predicted molar refractivity (Wildman–Crippen MR) is 82.6 cm³/mol. The lowest BCUT2D eigenvalue weighted by Gasteiger charge is -2.13. The highest BCUT2D eigenvalue weighted by atomic mass is 35.5. The van der Waals surface area contributed by atoms with E-state index < -0.39 is 5.97 Å². The number of nitrogens with zero attached hydrogens (tertiary/aromatic N) is 1. The standard InChI is InChI=1S/C14H10Cl3NO3/c1-21-12-6-18-5-9(8(12)4-13(19)20)7-2-10(15)14(17)11(16)3-7/h2-3,5-6H,4H2,1H3,(H,19,20). The van der Waals surface area contributed by atoms with Gasteiger partial charge in [-0.1, -0.05) is 34.8 Å². The molecule has 1 heterocycles. The van der Waals surface area contributed by atoms with Crippen molar-refractivity contribution in [2.24, 2.45) is 0 Å².